The predicted octanol–water partition coefficient (Wildman–Crippen LogP) is 5.83. The summed E-state index contributed by atoms with van der Waals surface area (Å²) in [7, 11) is 0. The highest BCUT2D eigenvalue weighted by molar-refractivity contribution is 7.13. The normalized spacial score (nSPS) is 17.7. The summed E-state index contributed by atoms with van der Waals surface area (Å²) in [5.74, 6) is -4.54. The van der Waals surface area contributed by atoms with Crippen LogP contribution >= 0.6 is 34.5 Å². The molecule has 1 aromatic heterocycles. The number of aliphatic hydroxyl groups excluding tert-OH is 1. The minimum Gasteiger partial charge on any atom is -0.477 e. The number of hydrogen-bond donors (Lipinski definition) is 2. The summed E-state index contributed by atoms with van der Waals surface area (Å²) in [4.78, 5) is 25.9. The maximum atomic E-state index is 14.8. The van der Waals surface area contributed by atoms with Gasteiger partial charge in [0.1, 0.15) is 11.0 Å². The first-order valence-corrected chi connectivity index (χ1v) is 11.9. The molecule has 1 aromatic carbocycles. The van der Waals surface area contributed by atoms with Crippen LogP contribution in [0.1, 0.15) is 45.8 Å². The summed E-state index contributed by atoms with van der Waals surface area (Å²) >= 11 is 12.8. The van der Waals surface area contributed by atoms with Crippen molar-refractivity contribution < 1.29 is 33.3 Å². The molecule has 1 aliphatic rings. The van der Waals surface area contributed by atoms with Gasteiger partial charge in [0.15, 0.2) is 0 Å². The first-order valence-electron chi connectivity index (χ1n) is 10.4. The van der Waals surface area contributed by atoms with Crippen LogP contribution in [0.5, 0.6) is 0 Å². The molecule has 180 valence electrons. The molecular formula is C22H23Cl2F2NO5S. The minimum absolute atomic E-state index is 0.0480. The van der Waals surface area contributed by atoms with Gasteiger partial charge in [0, 0.05) is 39.5 Å². The second kappa shape index (κ2) is 11.0. The summed E-state index contributed by atoms with van der Waals surface area (Å²) in [6.45, 7) is 0.517. The maximum Gasteiger partial charge on any atom is 0.410 e. The first-order chi connectivity index (χ1) is 15.6. The van der Waals surface area contributed by atoms with Crippen LogP contribution in [0.25, 0.3) is 0 Å². The zero-order chi connectivity index (χ0) is 24.2. The molecule has 6 nitrogen and oxygen atoms in total. The Morgan fingerprint density at radius 3 is 2.61 bits per heavy atom. The quantitative estimate of drug-likeness (QED) is 0.410. The number of alkyl halides is 2. The van der Waals surface area contributed by atoms with E-state index in [1.807, 2.05) is 0 Å². The monoisotopic (exact) mass is 521 g/mol. The number of carbonyl (C=O) groups is 2. The standard InChI is InChI=1S/C22H23Cl2F2NO5S/c23-14-10-13(11-15(24)12-14)22(25,26)19(28)6-3-16-7-9-32-21(31)27(16)8-1-2-17-4-5-18(33-17)20(29)30/h4-5,10-12,16,19,28H,1-3,6-9H2,(H,29,30). The van der Waals surface area contributed by atoms with Crippen LogP contribution in [0.3, 0.4) is 0 Å². The average Bonchev–Trinajstić information content (AvgIpc) is 3.22. The fourth-order valence-corrected chi connectivity index (χ4v) is 5.18. The van der Waals surface area contributed by atoms with Crippen molar-refractivity contribution in [2.45, 2.75) is 50.2 Å². The predicted molar refractivity (Wildman–Crippen MR) is 122 cm³/mol. The highest BCUT2D eigenvalue weighted by atomic mass is 35.5. The van der Waals surface area contributed by atoms with Crippen LogP contribution in [0.15, 0.2) is 30.3 Å². The van der Waals surface area contributed by atoms with E-state index in [4.69, 9.17) is 33.0 Å². The van der Waals surface area contributed by atoms with Crippen molar-refractivity contribution in [2.75, 3.05) is 13.2 Å². The van der Waals surface area contributed by atoms with Crippen molar-refractivity contribution in [1.82, 2.24) is 4.90 Å². The molecule has 3 rings (SSSR count). The van der Waals surface area contributed by atoms with Crippen molar-refractivity contribution in [3.63, 3.8) is 0 Å². The fourth-order valence-electron chi connectivity index (χ4n) is 3.77. The molecule has 0 saturated carbocycles. The molecule has 2 aromatic rings. The molecule has 2 N–H and O–H groups in total. The fraction of sp³-hybridized carbons (Fsp3) is 0.455. The van der Waals surface area contributed by atoms with Gasteiger partial charge in [-0.25, -0.2) is 9.59 Å². The van der Waals surface area contributed by atoms with Crippen molar-refractivity contribution in [3.8, 4) is 0 Å². The van der Waals surface area contributed by atoms with Gasteiger partial charge in [-0.3, -0.25) is 0 Å². The molecule has 0 radical (unpaired) electrons. The number of carboxylic acid groups (broad SMARTS) is 1. The van der Waals surface area contributed by atoms with Gasteiger partial charge in [-0.2, -0.15) is 8.78 Å². The van der Waals surface area contributed by atoms with Crippen LogP contribution in [-0.4, -0.2) is 52.5 Å². The van der Waals surface area contributed by atoms with Crippen molar-refractivity contribution in [3.05, 3.63) is 55.7 Å². The number of aryl methyl sites for hydroxylation is 1. The van der Waals surface area contributed by atoms with Gasteiger partial charge in [-0.1, -0.05) is 23.2 Å². The number of thiophene rings is 1. The van der Waals surface area contributed by atoms with Gasteiger partial charge < -0.3 is 19.8 Å². The van der Waals surface area contributed by atoms with Crippen LogP contribution in [0.2, 0.25) is 10.0 Å². The number of amides is 1. The maximum absolute atomic E-state index is 14.8. The lowest BCUT2D eigenvalue weighted by Gasteiger charge is -2.36. The number of aromatic carboxylic acids is 1. The van der Waals surface area contributed by atoms with Crippen molar-refractivity contribution in [1.29, 1.82) is 0 Å². The van der Waals surface area contributed by atoms with E-state index in [9.17, 15) is 23.5 Å². The first kappa shape index (κ1) is 25.7. The van der Waals surface area contributed by atoms with Gasteiger partial charge in [0.25, 0.3) is 5.92 Å². The SMILES string of the molecule is O=C(O)c1ccc(CCCN2C(=O)OCCC2CCC(O)C(F)(F)c2cc(Cl)cc(Cl)c2)s1. The van der Waals surface area contributed by atoms with Crippen molar-refractivity contribution >= 4 is 46.6 Å². The summed E-state index contributed by atoms with van der Waals surface area (Å²) in [5, 5.41) is 19.4. The van der Waals surface area contributed by atoms with E-state index < -0.39 is 29.7 Å². The van der Waals surface area contributed by atoms with Gasteiger partial charge in [0.2, 0.25) is 0 Å². The lowest BCUT2D eigenvalue weighted by Crippen LogP contribution is -2.47. The Morgan fingerprint density at radius 2 is 1.97 bits per heavy atom. The number of carbonyl (C=O) groups excluding carboxylic acids is 1. The van der Waals surface area contributed by atoms with E-state index in [1.54, 1.807) is 6.07 Å². The smallest absolute Gasteiger partial charge is 0.410 e. The molecule has 0 aliphatic carbocycles. The molecule has 33 heavy (non-hydrogen) atoms. The highest BCUT2D eigenvalue weighted by Gasteiger charge is 2.41. The molecule has 1 amide bonds. The van der Waals surface area contributed by atoms with E-state index in [2.05, 4.69) is 0 Å². The van der Waals surface area contributed by atoms with E-state index >= 15 is 0 Å². The molecule has 2 heterocycles. The number of cyclic esters (lactones) is 1. The zero-order valence-electron chi connectivity index (χ0n) is 17.5. The zero-order valence-corrected chi connectivity index (χ0v) is 19.8. The second-order valence-corrected chi connectivity index (χ2v) is 9.84. The molecule has 2 atom stereocenters. The summed E-state index contributed by atoms with van der Waals surface area (Å²) in [6, 6.07) is 6.40. The highest BCUT2D eigenvalue weighted by Crippen LogP contribution is 2.37. The Labute approximate surface area is 203 Å². The third kappa shape index (κ3) is 6.56. The Balaban J connectivity index is 1.58. The third-order valence-electron chi connectivity index (χ3n) is 5.49. The Kier molecular flexibility index (Phi) is 8.55. The third-order valence-corrected chi connectivity index (χ3v) is 7.06. The summed E-state index contributed by atoms with van der Waals surface area (Å²) in [5.41, 5.74) is -0.468. The van der Waals surface area contributed by atoms with Gasteiger partial charge in [-0.15, -0.1) is 11.3 Å². The molecule has 2 unspecified atom stereocenters. The van der Waals surface area contributed by atoms with Gasteiger partial charge >= 0.3 is 12.1 Å². The molecule has 1 fully saturated rings. The van der Waals surface area contributed by atoms with Gasteiger partial charge in [-0.05, 0) is 56.0 Å². The Hall–Kier alpha value is -1.94. The molecular weight excluding hydrogens is 499 g/mol. The Morgan fingerprint density at radius 1 is 1.27 bits per heavy atom. The van der Waals surface area contributed by atoms with E-state index in [0.29, 0.717) is 25.8 Å². The molecule has 11 heteroatoms. The number of carboxylic acids is 1. The number of nitrogens with zero attached hydrogens (tertiary/aromatic N) is 1. The largest absolute Gasteiger partial charge is 0.477 e. The molecule has 1 saturated heterocycles. The topological polar surface area (TPSA) is 87.1 Å². The van der Waals surface area contributed by atoms with Crippen LogP contribution < -0.4 is 0 Å². The number of benzene rings is 1. The van der Waals surface area contributed by atoms with E-state index in [1.165, 1.54) is 28.4 Å². The number of aliphatic hydroxyl groups is 1. The summed E-state index contributed by atoms with van der Waals surface area (Å²) < 4.78 is 34.6. The van der Waals surface area contributed by atoms with E-state index in [-0.39, 0.29) is 40.4 Å². The van der Waals surface area contributed by atoms with Gasteiger partial charge in [0.05, 0.1) is 6.61 Å². The lowest BCUT2D eigenvalue weighted by molar-refractivity contribution is -0.120. The van der Waals surface area contributed by atoms with Crippen molar-refractivity contribution in [2.24, 2.45) is 0 Å². The van der Waals surface area contributed by atoms with Crippen LogP contribution in [-0.2, 0) is 17.1 Å². The lowest BCUT2D eigenvalue weighted by atomic mass is 9.96. The number of ether oxygens (including phenoxy) is 1. The molecule has 1 aliphatic heterocycles. The van der Waals surface area contributed by atoms with Crippen LogP contribution in [0.4, 0.5) is 13.6 Å². The molecule has 0 spiro atoms. The summed E-state index contributed by atoms with van der Waals surface area (Å²) in [6.07, 6.45) is -0.968. The van der Waals surface area contributed by atoms with Crippen LogP contribution in [0, 0.1) is 0 Å². The second-order valence-electron chi connectivity index (χ2n) is 7.80. The minimum atomic E-state index is -3.56. The number of halogens is 4. The Bertz CT molecular complexity index is 983. The average molecular weight is 522 g/mol. The molecule has 0 bridgehead atoms. The number of hydrogen-bond acceptors (Lipinski definition) is 5. The number of rotatable bonds is 10. The van der Waals surface area contributed by atoms with E-state index in [0.717, 1.165) is 17.0 Å².